The number of Topliss-reactive ketones (excluding diaryl/α,β-unsaturated/α-hetero) is 1. The molecule has 0 aromatic heterocycles. The van der Waals surface area contributed by atoms with Crippen molar-refractivity contribution in [3.05, 3.63) is 29.3 Å². The Labute approximate surface area is 117 Å². The largest absolute Gasteiger partial charge is 0.479 e. The molecule has 5 nitrogen and oxygen atoms in total. The maximum Gasteiger partial charge on any atom is 0.387 e. The number of ether oxygens (including phenoxy) is 1. The first-order valence-corrected chi connectivity index (χ1v) is 5.81. The van der Waals surface area contributed by atoms with Gasteiger partial charge in [-0.2, -0.15) is 8.78 Å². The monoisotopic (exact) mass is 308 g/mol. The summed E-state index contributed by atoms with van der Waals surface area (Å²) in [6.07, 6.45) is -1.92. The summed E-state index contributed by atoms with van der Waals surface area (Å²) in [5.41, 5.74) is -0.249. The van der Waals surface area contributed by atoms with Crippen LogP contribution in [0.15, 0.2) is 18.2 Å². The van der Waals surface area contributed by atoms with Gasteiger partial charge in [-0.3, -0.25) is 4.79 Å². The smallest absolute Gasteiger partial charge is 0.387 e. The zero-order valence-corrected chi connectivity index (χ0v) is 11.0. The topological polar surface area (TPSA) is 83.8 Å². The molecule has 0 radical (unpaired) electrons. The van der Waals surface area contributed by atoms with Crippen LogP contribution in [0.25, 0.3) is 0 Å². The predicted octanol–water partition coefficient (Wildman–Crippen LogP) is 2.27. The van der Waals surface area contributed by atoms with E-state index in [1.165, 1.54) is 0 Å². The number of aliphatic hydroxyl groups is 1. The van der Waals surface area contributed by atoms with E-state index >= 15 is 0 Å². The molecule has 0 aliphatic carbocycles. The van der Waals surface area contributed by atoms with Crippen LogP contribution in [-0.4, -0.2) is 28.6 Å². The van der Waals surface area contributed by atoms with E-state index in [0.29, 0.717) is 0 Å². The molecule has 8 heteroatoms. The molecule has 1 aromatic carbocycles. The van der Waals surface area contributed by atoms with Crippen molar-refractivity contribution in [2.24, 2.45) is 0 Å². The second-order valence-corrected chi connectivity index (χ2v) is 4.32. The Bertz CT molecular complexity index is 521. The molecule has 1 rings (SSSR count). The molecule has 0 saturated heterocycles. The Morgan fingerprint density at radius 2 is 1.90 bits per heavy atom. The van der Waals surface area contributed by atoms with Gasteiger partial charge in [0.05, 0.1) is 0 Å². The number of aliphatic carboxylic acids is 1. The fourth-order valence-corrected chi connectivity index (χ4v) is 1.74. The lowest BCUT2D eigenvalue weighted by atomic mass is 9.97. The second-order valence-electron chi connectivity index (χ2n) is 3.88. The molecule has 2 atom stereocenters. The molecule has 0 amide bonds. The number of hydrogen-bond acceptors (Lipinski definition) is 4. The average molecular weight is 309 g/mol. The van der Waals surface area contributed by atoms with Crippen molar-refractivity contribution in [2.75, 3.05) is 0 Å². The first-order chi connectivity index (χ1) is 9.23. The van der Waals surface area contributed by atoms with Crippen LogP contribution in [0.1, 0.15) is 29.5 Å². The number of alkyl halides is 3. The molecule has 0 aliphatic rings. The van der Waals surface area contributed by atoms with E-state index in [1.807, 2.05) is 0 Å². The number of carbonyl (C=O) groups is 2. The van der Waals surface area contributed by atoms with Gasteiger partial charge in [0, 0.05) is 0 Å². The van der Waals surface area contributed by atoms with Gasteiger partial charge < -0.3 is 14.9 Å². The number of aliphatic hydroxyl groups excluding tert-OH is 1. The Morgan fingerprint density at radius 3 is 2.35 bits per heavy atom. The molecule has 0 saturated carbocycles. The maximum absolute atomic E-state index is 12.1. The molecule has 0 fully saturated rings. The summed E-state index contributed by atoms with van der Waals surface area (Å²) in [4.78, 5) is 22.1. The van der Waals surface area contributed by atoms with Crippen molar-refractivity contribution in [1.29, 1.82) is 0 Å². The van der Waals surface area contributed by atoms with Crippen LogP contribution in [0.2, 0.25) is 0 Å². The Balaban J connectivity index is 3.29. The molecule has 2 N–H and O–H groups in total. The van der Waals surface area contributed by atoms with E-state index in [0.717, 1.165) is 25.1 Å². The SMILES string of the molecule is CC(=O)C(Cl)c1cc(OC(F)F)ccc1C(O)C(=O)O. The highest BCUT2D eigenvalue weighted by atomic mass is 35.5. The third-order valence-electron chi connectivity index (χ3n) is 2.44. The summed E-state index contributed by atoms with van der Waals surface area (Å²) in [6, 6.07) is 3.14. The number of hydrogen-bond donors (Lipinski definition) is 2. The summed E-state index contributed by atoms with van der Waals surface area (Å²) >= 11 is 5.81. The molecule has 1 aromatic rings. The highest BCUT2D eigenvalue weighted by molar-refractivity contribution is 6.31. The molecule has 0 heterocycles. The molecule has 20 heavy (non-hydrogen) atoms. The van der Waals surface area contributed by atoms with Crippen molar-refractivity contribution in [3.63, 3.8) is 0 Å². The fourth-order valence-electron chi connectivity index (χ4n) is 1.55. The first-order valence-electron chi connectivity index (χ1n) is 5.38. The molecule has 0 spiro atoms. The van der Waals surface area contributed by atoms with Gasteiger partial charge in [0.15, 0.2) is 11.9 Å². The minimum absolute atomic E-state index is 0.0905. The lowest BCUT2D eigenvalue weighted by Gasteiger charge is -2.16. The lowest BCUT2D eigenvalue weighted by molar-refractivity contribution is -0.147. The molecular weight excluding hydrogens is 298 g/mol. The zero-order valence-electron chi connectivity index (χ0n) is 10.2. The van der Waals surface area contributed by atoms with E-state index in [2.05, 4.69) is 4.74 Å². The van der Waals surface area contributed by atoms with Crippen LogP contribution in [0.3, 0.4) is 0 Å². The van der Waals surface area contributed by atoms with Crippen molar-refractivity contribution < 1.29 is 33.3 Å². The normalized spacial score (nSPS) is 13.9. The standard InChI is InChI=1S/C12H11ClF2O5/c1-5(16)9(13)8-4-6(20-12(14)15)2-3-7(8)10(17)11(18)19/h2-4,9-10,12,17H,1H3,(H,18,19). The molecule has 2 unspecified atom stereocenters. The van der Waals surface area contributed by atoms with E-state index in [1.54, 1.807) is 0 Å². The Morgan fingerprint density at radius 1 is 1.30 bits per heavy atom. The highest BCUT2D eigenvalue weighted by Crippen LogP contribution is 2.32. The van der Waals surface area contributed by atoms with Crippen LogP contribution < -0.4 is 4.74 Å². The van der Waals surface area contributed by atoms with Crippen molar-refractivity contribution in [3.8, 4) is 5.75 Å². The van der Waals surface area contributed by atoms with Crippen LogP contribution >= 0.6 is 11.6 Å². The van der Waals surface area contributed by atoms with Crippen molar-refractivity contribution in [2.45, 2.75) is 25.0 Å². The Kier molecular flexibility index (Phi) is 5.41. The molecule has 0 bridgehead atoms. The maximum atomic E-state index is 12.1. The Hall–Kier alpha value is -1.73. The van der Waals surface area contributed by atoms with Gasteiger partial charge in [0.1, 0.15) is 11.1 Å². The number of rotatable bonds is 6. The third-order valence-corrected chi connectivity index (χ3v) is 2.98. The summed E-state index contributed by atoms with van der Waals surface area (Å²) in [7, 11) is 0. The lowest BCUT2D eigenvalue weighted by Crippen LogP contribution is -2.15. The third kappa shape index (κ3) is 3.88. The van der Waals surface area contributed by atoms with E-state index in [4.69, 9.17) is 16.7 Å². The number of carbonyl (C=O) groups excluding carboxylic acids is 1. The van der Waals surface area contributed by atoms with Crippen molar-refractivity contribution in [1.82, 2.24) is 0 Å². The molecule has 110 valence electrons. The van der Waals surface area contributed by atoms with Gasteiger partial charge in [0.25, 0.3) is 0 Å². The second kappa shape index (κ2) is 6.62. The average Bonchev–Trinajstić information content (AvgIpc) is 2.35. The van der Waals surface area contributed by atoms with Crippen LogP contribution in [-0.2, 0) is 9.59 Å². The summed E-state index contributed by atoms with van der Waals surface area (Å²) in [6.45, 7) is -1.93. The number of halogens is 3. The summed E-state index contributed by atoms with van der Waals surface area (Å²) < 4.78 is 28.4. The van der Waals surface area contributed by atoms with Gasteiger partial charge in [-0.25, -0.2) is 4.79 Å². The molecular formula is C12H11ClF2O5. The zero-order chi connectivity index (χ0) is 15.4. The van der Waals surface area contributed by atoms with Crippen LogP contribution in [0.4, 0.5) is 8.78 Å². The number of carboxylic acid groups (broad SMARTS) is 1. The van der Waals surface area contributed by atoms with E-state index in [-0.39, 0.29) is 16.9 Å². The fraction of sp³-hybridized carbons (Fsp3) is 0.333. The van der Waals surface area contributed by atoms with Gasteiger partial charge >= 0.3 is 12.6 Å². The van der Waals surface area contributed by atoms with Crippen LogP contribution in [0, 0.1) is 0 Å². The summed E-state index contributed by atoms with van der Waals surface area (Å²) in [5.74, 6) is -2.37. The van der Waals surface area contributed by atoms with Gasteiger partial charge in [-0.05, 0) is 30.2 Å². The minimum atomic E-state index is -3.08. The number of benzene rings is 1. The number of carboxylic acids is 1. The predicted molar refractivity (Wildman–Crippen MR) is 64.9 cm³/mol. The number of ketones is 1. The van der Waals surface area contributed by atoms with Gasteiger partial charge in [-0.15, -0.1) is 11.6 Å². The first kappa shape index (κ1) is 16.3. The van der Waals surface area contributed by atoms with Crippen LogP contribution in [0.5, 0.6) is 5.75 Å². The highest BCUT2D eigenvalue weighted by Gasteiger charge is 2.26. The van der Waals surface area contributed by atoms with Gasteiger partial charge in [0.2, 0.25) is 0 Å². The quantitative estimate of drug-likeness (QED) is 0.788. The summed E-state index contributed by atoms with van der Waals surface area (Å²) in [5, 5.41) is 17.0. The van der Waals surface area contributed by atoms with E-state index in [9.17, 15) is 23.5 Å². The van der Waals surface area contributed by atoms with Crippen molar-refractivity contribution >= 4 is 23.4 Å². The minimum Gasteiger partial charge on any atom is -0.479 e. The van der Waals surface area contributed by atoms with Gasteiger partial charge in [-0.1, -0.05) is 6.07 Å². The molecule has 0 aliphatic heterocycles. The van der Waals surface area contributed by atoms with E-state index < -0.39 is 29.8 Å².